The number of aryl methyl sites for hydroxylation is 1. The van der Waals surface area contributed by atoms with E-state index in [0.717, 1.165) is 11.1 Å². The van der Waals surface area contributed by atoms with Gasteiger partial charge in [-0.2, -0.15) is 0 Å². The number of fused-ring (bicyclic) bond motifs is 1. The van der Waals surface area contributed by atoms with E-state index in [2.05, 4.69) is 9.97 Å². The molecule has 0 saturated carbocycles. The minimum absolute atomic E-state index is 0.317. The summed E-state index contributed by atoms with van der Waals surface area (Å²) in [5.41, 5.74) is 2.69. The number of rotatable bonds is 2. The summed E-state index contributed by atoms with van der Waals surface area (Å²) in [6, 6.07) is 6.44. The van der Waals surface area contributed by atoms with E-state index in [1.54, 1.807) is 22.9 Å². The lowest BCUT2D eigenvalue weighted by Crippen LogP contribution is -2.00. The Labute approximate surface area is 119 Å². The van der Waals surface area contributed by atoms with E-state index in [1.165, 1.54) is 13.2 Å². The fourth-order valence-corrected chi connectivity index (χ4v) is 2.41. The van der Waals surface area contributed by atoms with E-state index in [9.17, 15) is 4.39 Å². The van der Waals surface area contributed by atoms with Crippen LogP contribution in [0.25, 0.3) is 16.9 Å². The zero-order valence-corrected chi connectivity index (χ0v) is 11.8. The van der Waals surface area contributed by atoms with Crippen LogP contribution in [0, 0.1) is 17.5 Å². The van der Waals surface area contributed by atoms with Gasteiger partial charge in [-0.1, -0.05) is 0 Å². The highest BCUT2D eigenvalue weighted by atomic mass is 32.1. The molecule has 1 N–H and O–H groups in total. The number of hydrogen-bond donors (Lipinski definition) is 1. The molecule has 2 aromatic heterocycles. The van der Waals surface area contributed by atoms with Crippen LogP contribution in [-0.4, -0.2) is 21.6 Å². The first kappa shape index (κ1) is 12.8. The van der Waals surface area contributed by atoms with Crippen molar-refractivity contribution in [2.45, 2.75) is 6.92 Å². The molecule has 0 unspecified atom stereocenters. The van der Waals surface area contributed by atoms with E-state index in [-0.39, 0.29) is 5.82 Å². The molecule has 20 heavy (non-hydrogen) atoms. The summed E-state index contributed by atoms with van der Waals surface area (Å²) in [6.07, 6.45) is 1.72. The van der Waals surface area contributed by atoms with Crippen LogP contribution < -0.4 is 4.74 Å². The van der Waals surface area contributed by atoms with E-state index < -0.39 is 0 Å². The summed E-state index contributed by atoms with van der Waals surface area (Å²) >= 11 is 5.28. The van der Waals surface area contributed by atoms with Gasteiger partial charge in [-0.25, -0.2) is 9.37 Å². The molecule has 2 heterocycles. The second-order valence-corrected chi connectivity index (χ2v) is 4.85. The number of methoxy groups -OCH3 is 1. The predicted octanol–water partition coefficient (Wildman–Crippen LogP) is 3.54. The lowest BCUT2D eigenvalue weighted by Gasteiger charge is -2.07. The number of H-pyrrole nitrogens is 1. The molecule has 0 bridgehead atoms. The van der Waals surface area contributed by atoms with Gasteiger partial charge in [0.15, 0.2) is 10.4 Å². The zero-order valence-electron chi connectivity index (χ0n) is 11.0. The second-order valence-electron chi connectivity index (χ2n) is 4.47. The van der Waals surface area contributed by atoms with Gasteiger partial charge in [-0.05, 0) is 42.9 Å². The average Bonchev–Trinajstić information content (AvgIpc) is 2.74. The Hall–Kier alpha value is -2.21. The van der Waals surface area contributed by atoms with E-state index in [4.69, 9.17) is 17.0 Å². The summed E-state index contributed by atoms with van der Waals surface area (Å²) in [6.45, 7) is 1.94. The fraction of sp³-hybridized carbons (Fsp3) is 0.143. The molecule has 6 heteroatoms. The molecule has 0 fully saturated rings. The van der Waals surface area contributed by atoms with Gasteiger partial charge in [0.05, 0.1) is 18.3 Å². The summed E-state index contributed by atoms with van der Waals surface area (Å²) in [5, 5.41) is 0. The Balaban J connectivity index is 2.34. The van der Waals surface area contributed by atoms with Gasteiger partial charge in [-0.15, -0.1) is 0 Å². The van der Waals surface area contributed by atoms with Crippen LogP contribution in [0.2, 0.25) is 0 Å². The molecule has 0 amide bonds. The quantitative estimate of drug-likeness (QED) is 0.734. The van der Waals surface area contributed by atoms with Crippen LogP contribution >= 0.6 is 12.2 Å². The van der Waals surface area contributed by atoms with E-state index >= 15 is 0 Å². The molecule has 0 atom stereocenters. The lowest BCUT2D eigenvalue weighted by molar-refractivity contribution is 0.413. The van der Waals surface area contributed by atoms with Gasteiger partial charge in [0.25, 0.3) is 0 Å². The maximum Gasteiger partial charge on any atom is 0.184 e. The summed E-state index contributed by atoms with van der Waals surface area (Å²) < 4.78 is 21.2. The van der Waals surface area contributed by atoms with Crippen molar-refractivity contribution in [2.75, 3.05) is 7.11 Å². The highest BCUT2D eigenvalue weighted by molar-refractivity contribution is 7.71. The molecule has 0 saturated heterocycles. The van der Waals surface area contributed by atoms with Crippen molar-refractivity contribution in [1.82, 2.24) is 14.5 Å². The van der Waals surface area contributed by atoms with Crippen molar-refractivity contribution in [3.05, 3.63) is 46.6 Å². The van der Waals surface area contributed by atoms with Gasteiger partial charge in [-0.3, -0.25) is 4.57 Å². The number of imidazole rings is 1. The maximum atomic E-state index is 14.1. The van der Waals surface area contributed by atoms with Crippen molar-refractivity contribution < 1.29 is 9.13 Å². The van der Waals surface area contributed by atoms with Gasteiger partial charge in [0, 0.05) is 12.3 Å². The Morgan fingerprint density at radius 2 is 2.15 bits per heavy atom. The van der Waals surface area contributed by atoms with E-state index in [1.807, 2.05) is 13.0 Å². The Bertz CT molecular complexity index is 853. The van der Waals surface area contributed by atoms with Gasteiger partial charge >= 0.3 is 0 Å². The lowest BCUT2D eigenvalue weighted by atomic mass is 10.2. The molecule has 0 aliphatic carbocycles. The average molecular weight is 289 g/mol. The molecule has 0 aliphatic rings. The molecule has 0 radical (unpaired) electrons. The molecule has 4 nitrogen and oxygen atoms in total. The third kappa shape index (κ3) is 1.98. The number of halogens is 1. The molecule has 102 valence electrons. The molecule has 3 aromatic rings. The number of aromatic nitrogens is 3. The Morgan fingerprint density at radius 1 is 1.35 bits per heavy atom. The minimum Gasteiger partial charge on any atom is -0.497 e. The van der Waals surface area contributed by atoms with Crippen molar-refractivity contribution in [1.29, 1.82) is 0 Å². The summed E-state index contributed by atoms with van der Waals surface area (Å²) in [5.74, 6) is 0.176. The number of nitrogens with zero attached hydrogens (tertiary/aromatic N) is 2. The van der Waals surface area contributed by atoms with Crippen LogP contribution in [0.3, 0.4) is 0 Å². The van der Waals surface area contributed by atoms with Crippen molar-refractivity contribution in [3.8, 4) is 11.4 Å². The number of ether oxygens (including phenoxy) is 1. The topological polar surface area (TPSA) is 42.8 Å². The standard InChI is InChI=1S/C14H12FN3OS/c1-8-5-11-13(16-7-8)18(14(20)17-11)12-6-9(19-2)3-4-10(12)15/h3-7H,1-2H3,(H,17,20). The normalized spacial score (nSPS) is 10.9. The van der Waals surface area contributed by atoms with Crippen molar-refractivity contribution >= 4 is 23.4 Å². The fourth-order valence-electron chi connectivity index (χ4n) is 2.11. The third-order valence-electron chi connectivity index (χ3n) is 3.05. The van der Waals surface area contributed by atoms with Crippen molar-refractivity contribution in [3.63, 3.8) is 0 Å². The maximum absolute atomic E-state index is 14.1. The van der Waals surface area contributed by atoms with Crippen molar-refractivity contribution in [2.24, 2.45) is 0 Å². The SMILES string of the molecule is COc1ccc(F)c(-n2c(=S)[nH]c3cc(C)cnc32)c1. The molecular formula is C14H12FN3OS. The number of hydrogen-bond acceptors (Lipinski definition) is 3. The molecule has 1 aromatic carbocycles. The Morgan fingerprint density at radius 3 is 2.90 bits per heavy atom. The summed E-state index contributed by atoms with van der Waals surface area (Å²) in [7, 11) is 1.53. The molecule has 0 spiro atoms. The molecule has 3 rings (SSSR count). The third-order valence-corrected chi connectivity index (χ3v) is 3.34. The highest BCUT2D eigenvalue weighted by Crippen LogP contribution is 2.24. The monoisotopic (exact) mass is 289 g/mol. The van der Waals surface area contributed by atoms with Crippen LogP contribution in [-0.2, 0) is 0 Å². The highest BCUT2D eigenvalue weighted by Gasteiger charge is 2.13. The van der Waals surface area contributed by atoms with Gasteiger partial charge < -0.3 is 9.72 Å². The number of pyridine rings is 1. The predicted molar refractivity (Wildman–Crippen MR) is 77.5 cm³/mol. The van der Waals surface area contributed by atoms with Crippen LogP contribution in [0.4, 0.5) is 4.39 Å². The Kier molecular flexibility index (Phi) is 3.02. The largest absolute Gasteiger partial charge is 0.497 e. The number of aromatic amines is 1. The minimum atomic E-state index is -0.384. The first-order chi connectivity index (χ1) is 9.60. The zero-order chi connectivity index (χ0) is 14.3. The molecular weight excluding hydrogens is 277 g/mol. The van der Waals surface area contributed by atoms with Gasteiger partial charge in [0.2, 0.25) is 0 Å². The first-order valence-corrected chi connectivity index (χ1v) is 6.42. The number of benzene rings is 1. The first-order valence-electron chi connectivity index (χ1n) is 6.01. The van der Waals surface area contributed by atoms with Crippen LogP contribution in [0.5, 0.6) is 5.75 Å². The van der Waals surface area contributed by atoms with Crippen LogP contribution in [0.15, 0.2) is 30.5 Å². The molecule has 0 aliphatic heterocycles. The number of nitrogens with one attached hydrogen (secondary N) is 1. The van der Waals surface area contributed by atoms with E-state index in [0.29, 0.717) is 21.9 Å². The summed E-state index contributed by atoms with van der Waals surface area (Å²) in [4.78, 5) is 7.37. The van der Waals surface area contributed by atoms with Gasteiger partial charge in [0.1, 0.15) is 11.6 Å². The smallest absolute Gasteiger partial charge is 0.184 e. The second kappa shape index (κ2) is 4.72. The van der Waals surface area contributed by atoms with Crippen LogP contribution in [0.1, 0.15) is 5.56 Å².